The lowest BCUT2D eigenvalue weighted by atomic mass is 10.2. The van der Waals surface area contributed by atoms with Gasteiger partial charge in [0.2, 0.25) is 5.89 Å². The zero-order chi connectivity index (χ0) is 16.2. The lowest BCUT2D eigenvalue weighted by molar-refractivity contribution is 0.540. The Morgan fingerprint density at radius 2 is 1.74 bits per heavy atom. The smallest absolute Gasteiger partial charge is 0.226 e. The Morgan fingerprint density at radius 1 is 1.04 bits per heavy atom. The summed E-state index contributed by atoms with van der Waals surface area (Å²) in [4.78, 5) is 4.49. The van der Waals surface area contributed by atoms with Gasteiger partial charge in [0.25, 0.3) is 0 Å². The second kappa shape index (κ2) is 7.11. The molecule has 0 saturated carbocycles. The van der Waals surface area contributed by atoms with Gasteiger partial charge in [-0.05, 0) is 36.8 Å². The van der Waals surface area contributed by atoms with Crippen LogP contribution in [0, 0.1) is 6.92 Å². The monoisotopic (exact) mass is 345 g/mol. The van der Waals surface area contributed by atoms with Crippen LogP contribution in [0.25, 0.3) is 11.5 Å². The van der Waals surface area contributed by atoms with Gasteiger partial charge in [0.05, 0.1) is 11.4 Å². The fourth-order valence-corrected chi connectivity index (χ4v) is 3.60. The molecule has 0 spiro atoms. The van der Waals surface area contributed by atoms with Gasteiger partial charge in [-0.1, -0.05) is 41.9 Å². The van der Waals surface area contributed by atoms with Crippen molar-refractivity contribution in [2.24, 2.45) is 0 Å². The van der Waals surface area contributed by atoms with E-state index >= 15 is 0 Å². The van der Waals surface area contributed by atoms with Crippen molar-refractivity contribution in [1.29, 1.82) is 0 Å². The molecule has 1 aromatic heterocycles. The number of rotatable bonds is 5. The molecule has 3 nitrogen and oxygen atoms in total. The van der Waals surface area contributed by atoms with E-state index in [0.29, 0.717) is 28.2 Å². The third-order valence-electron chi connectivity index (χ3n) is 3.45. The van der Waals surface area contributed by atoms with E-state index in [9.17, 15) is 4.21 Å². The molecule has 0 amide bonds. The van der Waals surface area contributed by atoms with Gasteiger partial charge in [-0.25, -0.2) is 4.98 Å². The van der Waals surface area contributed by atoms with Crippen molar-refractivity contribution in [2.45, 2.75) is 18.4 Å². The molecule has 0 fully saturated rings. The summed E-state index contributed by atoms with van der Waals surface area (Å²) in [6.07, 6.45) is 0. The Kier molecular flexibility index (Phi) is 4.94. The molecule has 1 heterocycles. The maximum Gasteiger partial charge on any atom is 0.226 e. The molecule has 118 valence electrons. The van der Waals surface area contributed by atoms with E-state index in [-0.39, 0.29) is 0 Å². The Bertz CT molecular complexity index is 813. The number of nitrogens with zero attached hydrogens (tertiary/aromatic N) is 1. The number of hydrogen-bond acceptors (Lipinski definition) is 3. The maximum absolute atomic E-state index is 12.4. The van der Waals surface area contributed by atoms with Gasteiger partial charge in [0, 0.05) is 27.1 Å². The lowest BCUT2D eigenvalue weighted by Gasteiger charge is -2.01. The first-order valence-corrected chi connectivity index (χ1v) is 9.09. The zero-order valence-electron chi connectivity index (χ0n) is 12.7. The summed E-state index contributed by atoms with van der Waals surface area (Å²) in [7, 11) is -1.05. The Morgan fingerprint density at radius 3 is 2.43 bits per heavy atom. The molecular formula is C18H16ClNO2S. The predicted molar refractivity (Wildman–Crippen MR) is 93.7 cm³/mol. The highest BCUT2D eigenvalue weighted by Crippen LogP contribution is 2.22. The number of benzene rings is 2. The topological polar surface area (TPSA) is 43.1 Å². The van der Waals surface area contributed by atoms with Crippen LogP contribution in [-0.2, 0) is 22.3 Å². The van der Waals surface area contributed by atoms with Gasteiger partial charge < -0.3 is 4.42 Å². The highest BCUT2D eigenvalue weighted by molar-refractivity contribution is 7.83. The summed E-state index contributed by atoms with van der Waals surface area (Å²) in [6.45, 7) is 1.86. The maximum atomic E-state index is 12.4. The van der Waals surface area contributed by atoms with Crippen LogP contribution in [-0.4, -0.2) is 9.19 Å². The van der Waals surface area contributed by atoms with Crippen molar-refractivity contribution in [3.63, 3.8) is 0 Å². The van der Waals surface area contributed by atoms with Crippen LogP contribution in [0.3, 0.4) is 0 Å². The third-order valence-corrected chi connectivity index (χ3v) is 4.95. The molecule has 3 rings (SSSR count). The van der Waals surface area contributed by atoms with Crippen molar-refractivity contribution in [2.75, 3.05) is 0 Å². The fraction of sp³-hybridized carbons (Fsp3) is 0.167. The van der Waals surface area contributed by atoms with Gasteiger partial charge in [-0.15, -0.1) is 0 Å². The van der Waals surface area contributed by atoms with Gasteiger partial charge in [-0.2, -0.15) is 0 Å². The first-order chi connectivity index (χ1) is 11.1. The van der Waals surface area contributed by atoms with Gasteiger partial charge >= 0.3 is 0 Å². The Balaban J connectivity index is 1.71. The van der Waals surface area contributed by atoms with Crippen LogP contribution < -0.4 is 0 Å². The number of aromatic nitrogens is 1. The molecule has 0 N–H and O–H groups in total. The molecule has 1 atom stereocenters. The molecule has 0 saturated heterocycles. The minimum atomic E-state index is -1.05. The minimum Gasteiger partial charge on any atom is -0.441 e. The number of hydrogen-bond donors (Lipinski definition) is 0. The Labute approximate surface area is 142 Å². The van der Waals surface area contributed by atoms with Crippen LogP contribution in [0.15, 0.2) is 59.0 Å². The van der Waals surface area contributed by atoms with E-state index < -0.39 is 10.8 Å². The largest absolute Gasteiger partial charge is 0.441 e. The van der Waals surface area contributed by atoms with Crippen molar-refractivity contribution < 1.29 is 8.63 Å². The van der Waals surface area contributed by atoms with Crippen LogP contribution in [0.5, 0.6) is 0 Å². The molecular weight excluding hydrogens is 330 g/mol. The molecule has 0 bridgehead atoms. The van der Waals surface area contributed by atoms with Crippen LogP contribution >= 0.6 is 11.6 Å². The quantitative estimate of drug-likeness (QED) is 0.670. The van der Waals surface area contributed by atoms with Crippen molar-refractivity contribution >= 4 is 22.4 Å². The van der Waals surface area contributed by atoms with Crippen LogP contribution in [0.1, 0.15) is 17.0 Å². The standard InChI is InChI=1S/C18H16ClNO2S/c1-13-17(20-18(22-13)15-5-3-2-4-6-15)12-23(21)11-14-7-9-16(19)10-8-14/h2-10H,11-12H2,1H3. The number of oxazole rings is 1. The molecule has 1 unspecified atom stereocenters. The average molecular weight is 346 g/mol. The Hall–Kier alpha value is -1.91. The summed E-state index contributed by atoms with van der Waals surface area (Å²) in [5, 5.41) is 0.680. The minimum absolute atomic E-state index is 0.380. The molecule has 23 heavy (non-hydrogen) atoms. The number of halogens is 1. The SMILES string of the molecule is Cc1oc(-c2ccccc2)nc1CS(=O)Cc1ccc(Cl)cc1. The van der Waals surface area contributed by atoms with Crippen LogP contribution in [0.2, 0.25) is 5.02 Å². The summed E-state index contributed by atoms with van der Waals surface area (Å²) in [5.41, 5.74) is 2.67. The summed E-state index contributed by atoms with van der Waals surface area (Å²) >= 11 is 5.86. The molecule has 5 heteroatoms. The molecule has 0 aliphatic carbocycles. The van der Waals surface area contributed by atoms with Crippen molar-refractivity contribution in [1.82, 2.24) is 4.98 Å². The van der Waals surface area contributed by atoms with E-state index in [4.69, 9.17) is 16.0 Å². The molecule has 0 aliphatic rings. The average Bonchev–Trinajstić information content (AvgIpc) is 2.91. The summed E-state index contributed by atoms with van der Waals surface area (Å²) in [5.74, 6) is 2.14. The van der Waals surface area contributed by atoms with Crippen molar-refractivity contribution in [3.8, 4) is 11.5 Å². The normalized spacial score (nSPS) is 12.3. The van der Waals surface area contributed by atoms with E-state index in [2.05, 4.69) is 4.98 Å². The lowest BCUT2D eigenvalue weighted by Crippen LogP contribution is -2.01. The first-order valence-electron chi connectivity index (χ1n) is 7.23. The molecule has 2 aromatic carbocycles. The second-order valence-electron chi connectivity index (χ2n) is 5.24. The zero-order valence-corrected chi connectivity index (χ0v) is 14.2. The van der Waals surface area contributed by atoms with Gasteiger partial charge in [0.15, 0.2) is 0 Å². The fourth-order valence-electron chi connectivity index (χ4n) is 2.24. The van der Waals surface area contributed by atoms with Crippen molar-refractivity contribution in [3.05, 3.63) is 76.6 Å². The highest BCUT2D eigenvalue weighted by atomic mass is 35.5. The highest BCUT2D eigenvalue weighted by Gasteiger charge is 2.14. The van der Waals surface area contributed by atoms with E-state index in [1.54, 1.807) is 0 Å². The molecule has 3 aromatic rings. The van der Waals surface area contributed by atoms with Gasteiger partial charge in [0.1, 0.15) is 5.76 Å². The van der Waals surface area contributed by atoms with Crippen LogP contribution in [0.4, 0.5) is 0 Å². The third kappa shape index (κ3) is 4.09. The second-order valence-corrected chi connectivity index (χ2v) is 7.14. The predicted octanol–water partition coefficient (Wildman–Crippen LogP) is 4.75. The van der Waals surface area contributed by atoms with Gasteiger partial charge in [-0.3, -0.25) is 4.21 Å². The van der Waals surface area contributed by atoms with E-state index in [0.717, 1.165) is 16.8 Å². The summed E-state index contributed by atoms with van der Waals surface area (Å²) in [6, 6.07) is 17.1. The number of aryl methyl sites for hydroxylation is 1. The van der Waals surface area contributed by atoms with E-state index in [1.807, 2.05) is 61.5 Å². The van der Waals surface area contributed by atoms with E-state index in [1.165, 1.54) is 0 Å². The first kappa shape index (κ1) is 16.0. The molecule has 0 aliphatic heterocycles. The molecule has 0 radical (unpaired) electrons. The summed E-state index contributed by atoms with van der Waals surface area (Å²) < 4.78 is 18.1.